The molecular formula is C24H30N4O4. The van der Waals surface area contributed by atoms with Crippen LogP contribution >= 0.6 is 0 Å². The molecule has 0 amide bonds. The fraction of sp³-hybridized carbons (Fsp3) is 0.583. The van der Waals surface area contributed by atoms with Crippen LogP contribution in [-0.4, -0.2) is 60.8 Å². The second-order valence-electron chi connectivity index (χ2n) is 9.20. The van der Waals surface area contributed by atoms with Crippen molar-refractivity contribution in [3.63, 3.8) is 0 Å². The maximum absolute atomic E-state index is 6.14. The molecular weight excluding hydrogens is 408 g/mol. The summed E-state index contributed by atoms with van der Waals surface area (Å²) in [7, 11) is 0. The van der Waals surface area contributed by atoms with Crippen LogP contribution in [0.4, 0.5) is 5.95 Å². The largest absolute Gasteiger partial charge is 0.454 e. The third-order valence-electron chi connectivity index (χ3n) is 7.09. The van der Waals surface area contributed by atoms with Crippen LogP contribution in [0, 0.1) is 5.92 Å². The first-order valence-corrected chi connectivity index (χ1v) is 11.8. The molecule has 32 heavy (non-hydrogen) atoms. The summed E-state index contributed by atoms with van der Waals surface area (Å²) in [4.78, 5) is 9.14. The summed E-state index contributed by atoms with van der Waals surface area (Å²) in [6.45, 7) is 2.61. The summed E-state index contributed by atoms with van der Waals surface area (Å²) in [5.74, 6) is 2.89. The van der Waals surface area contributed by atoms with Crippen molar-refractivity contribution in [1.29, 1.82) is 0 Å². The van der Waals surface area contributed by atoms with E-state index in [2.05, 4.69) is 15.6 Å². The van der Waals surface area contributed by atoms with Crippen molar-refractivity contribution in [2.45, 2.75) is 56.4 Å². The maximum Gasteiger partial charge on any atom is 0.231 e. The SMILES string of the molecule is c1cc(-c2ccc3c(c2)OCO3)nc(N[C@@H]2CO[C@@H]3[C@@H]2OC[C@@H]3NCC2CCCCC2)n1. The van der Waals surface area contributed by atoms with Gasteiger partial charge in [-0.15, -0.1) is 0 Å². The Bertz CT molecular complexity index is 951. The Hall–Kier alpha value is -2.42. The number of fused-ring (bicyclic) bond motifs is 2. The molecule has 0 radical (unpaired) electrons. The highest BCUT2D eigenvalue weighted by atomic mass is 16.7. The lowest BCUT2D eigenvalue weighted by Crippen LogP contribution is -2.44. The maximum atomic E-state index is 6.14. The molecule has 0 unspecified atom stereocenters. The van der Waals surface area contributed by atoms with Crippen LogP contribution in [0.2, 0.25) is 0 Å². The molecule has 8 heteroatoms. The summed E-state index contributed by atoms with van der Waals surface area (Å²) in [5.41, 5.74) is 1.79. The van der Waals surface area contributed by atoms with Gasteiger partial charge in [0, 0.05) is 11.8 Å². The zero-order valence-corrected chi connectivity index (χ0v) is 18.2. The molecule has 8 nitrogen and oxygen atoms in total. The highest BCUT2D eigenvalue weighted by Gasteiger charge is 2.47. The lowest BCUT2D eigenvalue weighted by atomic mass is 9.89. The van der Waals surface area contributed by atoms with E-state index in [0.29, 0.717) is 19.2 Å². The standard InChI is InChI=1S/C24H30N4O4/c1-2-4-15(5-3-1)11-26-18-12-29-23-19(13-30-22(18)23)28-24-25-9-8-17(27-24)16-6-7-20-21(10-16)32-14-31-20/h6-10,15,18-19,22-23,26H,1-5,11-14H2,(H,25,27,28)/t18-,19+,22-,23+/m0/s1. The topological polar surface area (TPSA) is 86.8 Å². The van der Waals surface area contributed by atoms with Crippen LogP contribution in [0.1, 0.15) is 32.1 Å². The number of aromatic nitrogens is 2. The van der Waals surface area contributed by atoms with Crippen molar-refractivity contribution >= 4 is 5.95 Å². The highest BCUT2D eigenvalue weighted by molar-refractivity contribution is 5.65. The van der Waals surface area contributed by atoms with E-state index in [1.165, 1.54) is 32.1 Å². The first kappa shape index (κ1) is 20.2. The van der Waals surface area contributed by atoms with Crippen molar-refractivity contribution in [3.05, 3.63) is 30.5 Å². The number of benzene rings is 1. The second-order valence-corrected chi connectivity index (χ2v) is 9.20. The molecule has 2 saturated heterocycles. The van der Waals surface area contributed by atoms with Gasteiger partial charge < -0.3 is 29.6 Å². The van der Waals surface area contributed by atoms with E-state index < -0.39 is 0 Å². The monoisotopic (exact) mass is 438 g/mol. The molecule has 1 saturated carbocycles. The molecule has 4 aliphatic rings. The Morgan fingerprint density at radius 2 is 1.72 bits per heavy atom. The van der Waals surface area contributed by atoms with Crippen molar-refractivity contribution in [1.82, 2.24) is 15.3 Å². The van der Waals surface area contributed by atoms with Crippen LogP contribution in [0.25, 0.3) is 11.3 Å². The molecule has 4 atom stereocenters. The van der Waals surface area contributed by atoms with Gasteiger partial charge in [0.2, 0.25) is 12.7 Å². The third kappa shape index (κ3) is 4.02. The predicted octanol–water partition coefficient (Wildman–Crippen LogP) is 2.99. The van der Waals surface area contributed by atoms with Gasteiger partial charge in [0.15, 0.2) is 11.5 Å². The summed E-state index contributed by atoms with van der Waals surface area (Å²) < 4.78 is 23.2. The van der Waals surface area contributed by atoms with Crippen LogP contribution in [0.3, 0.4) is 0 Å². The Labute approximate surface area is 188 Å². The van der Waals surface area contributed by atoms with Crippen molar-refractivity contribution in [2.24, 2.45) is 5.92 Å². The molecule has 3 fully saturated rings. The van der Waals surface area contributed by atoms with Gasteiger partial charge in [-0.2, -0.15) is 0 Å². The minimum atomic E-state index is 0.0108. The molecule has 170 valence electrons. The van der Waals surface area contributed by atoms with E-state index >= 15 is 0 Å². The van der Waals surface area contributed by atoms with Crippen molar-refractivity contribution < 1.29 is 18.9 Å². The van der Waals surface area contributed by atoms with Gasteiger partial charge in [0.05, 0.1) is 31.0 Å². The quantitative estimate of drug-likeness (QED) is 0.712. The molecule has 0 spiro atoms. The van der Waals surface area contributed by atoms with Gasteiger partial charge in [0.1, 0.15) is 12.2 Å². The second kappa shape index (κ2) is 8.84. The molecule has 1 aliphatic carbocycles. The van der Waals surface area contributed by atoms with Gasteiger partial charge in [-0.3, -0.25) is 0 Å². The van der Waals surface area contributed by atoms with E-state index in [0.717, 1.165) is 35.2 Å². The molecule has 0 bridgehead atoms. The minimum absolute atomic E-state index is 0.0108. The Kier molecular flexibility index (Phi) is 5.58. The van der Waals surface area contributed by atoms with Gasteiger partial charge in [0.25, 0.3) is 0 Å². The van der Waals surface area contributed by atoms with E-state index in [1.54, 1.807) is 6.20 Å². The summed E-state index contributed by atoms with van der Waals surface area (Å²) in [6.07, 6.45) is 8.67. The smallest absolute Gasteiger partial charge is 0.231 e. The average Bonchev–Trinajstić information content (AvgIpc) is 3.56. The Balaban J connectivity index is 1.09. The molecule has 3 aliphatic heterocycles. The zero-order chi connectivity index (χ0) is 21.3. The van der Waals surface area contributed by atoms with Gasteiger partial charge in [-0.25, -0.2) is 9.97 Å². The molecule has 4 heterocycles. The first-order chi connectivity index (χ1) is 15.8. The van der Waals surface area contributed by atoms with Crippen molar-refractivity contribution in [2.75, 3.05) is 31.9 Å². The van der Waals surface area contributed by atoms with E-state index in [1.807, 2.05) is 24.3 Å². The number of hydrogen-bond donors (Lipinski definition) is 2. The van der Waals surface area contributed by atoms with Crippen LogP contribution in [0.5, 0.6) is 11.5 Å². The number of anilines is 1. The first-order valence-electron chi connectivity index (χ1n) is 11.8. The lowest BCUT2D eigenvalue weighted by molar-refractivity contribution is 0.0671. The molecule has 1 aromatic heterocycles. The number of hydrogen-bond acceptors (Lipinski definition) is 8. The van der Waals surface area contributed by atoms with Gasteiger partial charge in [-0.05, 0) is 49.6 Å². The lowest BCUT2D eigenvalue weighted by Gasteiger charge is -2.25. The molecule has 6 rings (SSSR count). The minimum Gasteiger partial charge on any atom is -0.454 e. The van der Waals surface area contributed by atoms with Gasteiger partial charge in [-0.1, -0.05) is 19.3 Å². The Morgan fingerprint density at radius 3 is 2.62 bits per heavy atom. The average molecular weight is 439 g/mol. The summed E-state index contributed by atoms with van der Waals surface area (Å²) in [6, 6.07) is 8.04. The fourth-order valence-electron chi connectivity index (χ4n) is 5.32. The van der Waals surface area contributed by atoms with E-state index in [4.69, 9.17) is 23.9 Å². The molecule has 1 aromatic carbocycles. The number of nitrogens with zero attached hydrogens (tertiary/aromatic N) is 2. The Morgan fingerprint density at radius 1 is 0.906 bits per heavy atom. The van der Waals surface area contributed by atoms with Gasteiger partial charge >= 0.3 is 0 Å². The summed E-state index contributed by atoms with van der Waals surface area (Å²) >= 11 is 0. The highest BCUT2D eigenvalue weighted by Crippen LogP contribution is 2.36. The van der Waals surface area contributed by atoms with E-state index in [-0.39, 0.29) is 31.1 Å². The number of nitrogens with one attached hydrogen (secondary N) is 2. The molecule has 2 N–H and O–H groups in total. The summed E-state index contributed by atoms with van der Waals surface area (Å²) in [5, 5.41) is 7.17. The number of rotatable bonds is 6. The fourth-order valence-corrected chi connectivity index (χ4v) is 5.32. The normalized spacial score (nSPS) is 29.2. The third-order valence-corrected chi connectivity index (χ3v) is 7.09. The van der Waals surface area contributed by atoms with Crippen LogP contribution in [-0.2, 0) is 9.47 Å². The number of ether oxygens (including phenoxy) is 4. The van der Waals surface area contributed by atoms with E-state index in [9.17, 15) is 0 Å². The predicted molar refractivity (Wildman–Crippen MR) is 119 cm³/mol. The van der Waals surface area contributed by atoms with Crippen LogP contribution < -0.4 is 20.1 Å². The molecule has 2 aromatic rings. The van der Waals surface area contributed by atoms with Crippen molar-refractivity contribution in [3.8, 4) is 22.8 Å². The van der Waals surface area contributed by atoms with Crippen LogP contribution in [0.15, 0.2) is 30.5 Å². The zero-order valence-electron chi connectivity index (χ0n) is 18.2.